The van der Waals surface area contributed by atoms with Crippen LogP contribution in [0.4, 0.5) is 17.5 Å². The smallest absolute Gasteiger partial charge is 0.223 e. The van der Waals surface area contributed by atoms with Gasteiger partial charge in [-0.1, -0.05) is 18.2 Å². The Kier molecular flexibility index (Phi) is 4.56. The molecule has 0 amide bonds. The molecule has 0 spiro atoms. The molecule has 0 aliphatic rings. The molecule has 122 valence electrons. The van der Waals surface area contributed by atoms with Crippen molar-refractivity contribution in [3.63, 3.8) is 0 Å². The average Bonchev–Trinajstić information content (AvgIpc) is 2.61. The van der Waals surface area contributed by atoms with Crippen LogP contribution in [0, 0.1) is 0 Å². The zero-order valence-electron chi connectivity index (χ0n) is 13.8. The first-order valence-electron chi connectivity index (χ1n) is 7.67. The minimum atomic E-state index is 0.514. The number of rotatable bonds is 5. The minimum Gasteiger partial charge on any atom is -0.383 e. The van der Waals surface area contributed by atoms with Gasteiger partial charge < -0.3 is 16.0 Å². The van der Waals surface area contributed by atoms with Crippen molar-refractivity contribution in [2.24, 2.45) is 0 Å². The van der Waals surface area contributed by atoms with Crippen LogP contribution in [0.3, 0.4) is 0 Å². The minimum absolute atomic E-state index is 0.514. The van der Waals surface area contributed by atoms with E-state index in [1.54, 1.807) is 12.4 Å². The summed E-state index contributed by atoms with van der Waals surface area (Å²) >= 11 is 0. The van der Waals surface area contributed by atoms with Crippen LogP contribution in [0.1, 0.15) is 5.56 Å². The molecule has 24 heavy (non-hydrogen) atoms. The van der Waals surface area contributed by atoms with Gasteiger partial charge in [0.2, 0.25) is 5.95 Å². The number of pyridine rings is 1. The maximum absolute atomic E-state index is 5.85. The third-order valence-electron chi connectivity index (χ3n) is 3.70. The summed E-state index contributed by atoms with van der Waals surface area (Å²) in [6.45, 7) is 0.530. The summed E-state index contributed by atoms with van der Waals surface area (Å²) in [7, 11) is 4.04. The van der Waals surface area contributed by atoms with Gasteiger partial charge in [0.05, 0.1) is 5.69 Å². The maximum Gasteiger partial charge on any atom is 0.223 e. The van der Waals surface area contributed by atoms with Gasteiger partial charge in [0, 0.05) is 49.8 Å². The van der Waals surface area contributed by atoms with Gasteiger partial charge in [-0.3, -0.25) is 0 Å². The lowest BCUT2D eigenvalue weighted by Crippen LogP contribution is -2.08. The van der Waals surface area contributed by atoms with Crippen molar-refractivity contribution >= 4 is 17.5 Å². The molecular weight excluding hydrogens is 300 g/mol. The lowest BCUT2D eigenvalue weighted by atomic mass is 10.1. The lowest BCUT2D eigenvalue weighted by molar-refractivity contribution is 1.05. The van der Waals surface area contributed by atoms with Gasteiger partial charge in [-0.25, -0.2) is 15.0 Å². The molecule has 2 aromatic heterocycles. The van der Waals surface area contributed by atoms with Crippen molar-refractivity contribution in [2.75, 3.05) is 30.0 Å². The van der Waals surface area contributed by atoms with Gasteiger partial charge >= 0.3 is 0 Å². The first kappa shape index (κ1) is 15.7. The second kappa shape index (κ2) is 6.95. The van der Waals surface area contributed by atoms with Gasteiger partial charge in [-0.05, 0) is 24.3 Å². The number of hydrogen-bond donors (Lipinski definition) is 2. The molecule has 3 N–H and O–H groups in total. The first-order valence-corrected chi connectivity index (χ1v) is 7.67. The molecule has 0 aliphatic carbocycles. The van der Waals surface area contributed by atoms with E-state index in [-0.39, 0.29) is 0 Å². The normalized spacial score (nSPS) is 10.4. The van der Waals surface area contributed by atoms with Gasteiger partial charge in [0.1, 0.15) is 5.82 Å². The summed E-state index contributed by atoms with van der Waals surface area (Å²) in [6, 6.07) is 13.9. The predicted molar refractivity (Wildman–Crippen MR) is 97.8 cm³/mol. The number of nitrogens with zero attached hydrogens (tertiary/aromatic N) is 4. The molecule has 0 unspecified atom stereocenters. The molecule has 0 atom stereocenters. The molecule has 2 heterocycles. The number of hydrogen-bond acceptors (Lipinski definition) is 6. The summed E-state index contributed by atoms with van der Waals surface area (Å²) in [5.74, 6) is 1.08. The zero-order valence-corrected chi connectivity index (χ0v) is 13.8. The fourth-order valence-electron chi connectivity index (χ4n) is 2.31. The maximum atomic E-state index is 5.85. The Labute approximate surface area is 141 Å². The molecule has 0 bridgehead atoms. The van der Waals surface area contributed by atoms with Gasteiger partial charge in [0.15, 0.2) is 0 Å². The first-order chi connectivity index (χ1) is 11.6. The van der Waals surface area contributed by atoms with Crippen LogP contribution in [-0.2, 0) is 6.54 Å². The molecule has 6 nitrogen and oxygen atoms in total. The molecule has 0 aliphatic heterocycles. The summed E-state index contributed by atoms with van der Waals surface area (Å²) in [5.41, 5.74) is 9.84. The van der Waals surface area contributed by atoms with Crippen molar-refractivity contribution in [3.05, 3.63) is 60.4 Å². The Morgan fingerprint density at radius 3 is 2.50 bits per heavy atom. The highest BCUT2D eigenvalue weighted by Gasteiger charge is 2.04. The second-order valence-corrected chi connectivity index (χ2v) is 5.61. The molecule has 0 fully saturated rings. The van der Waals surface area contributed by atoms with E-state index in [9.17, 15) is 0 Å². The zero-order chi connectivity index (χ0) is 16.9. The number of nitrogens with two attached hydrogens (primary N) is 1. The fourth-order valence-corrected chi connectivity index (χ4v) is 2.31. The molecular formula is C18H20N6. The molecule has 6 heteroatoms. The molecule has 3 rings (SSSR count). The van der Waals surface area contributed by atoms with Crippen LogP contribution < -0.4 is 16.0 Å². The van der Waals surface area contributed by atoms with Gasteiger partial charge in [-0.15, -0.1) is 0 Å². The Balaban J connectivity index is 1.75. The highest BCUT2D eigenvalue weighted by atomic mass is 15.1. The highest BCUT2D eigenvalue weighted by Crippen LogP contribution is 2.21. The molecule has 0 saturated carbocycles. The quantitative estimate of drug-likeness (QED) is 0.752. The average molecular weight is 320 g/mol. The van der Waals surface area contributed by atoms with E-state index >= 15 is 0 Å². The Bertz CT molecular complexity index is 814. The van der Waals surface area contributed by atoms with E-state index < -0.39 is 0 Å². The predicted octanol–water partition coefficient (Wildman–Crippen LogP) is 2.80. The van der Waals surface area contributed by atoms with Crippen LogP contribution >= 0.6 is 0 Å². The van der Waals surface area contributed by atoms with E-state index in [2.05, 4.69) is 49.4 Å². The molecule has 0 radical (unpaired) electrons. The summed E-state index contributed by atoms with van der Waals surface area (Å²) in [4.78, 5) is 15.0. The van der Waals surface area contributed by atoms with E-state index in [1.807, 2.05) is 32.3 Å². The Morgan fingerprint density at radius 1 is 1.00 bits per heavy atom. The van der Waals surface area contributed by atoms with Crippen LogP contribution in [-0.4, -0.2) is 29.0 Å². The van der Waals surface area contributed by atoms with E-state index in [1.165, 1.54) is 0 Å². The van der Waals surface area contributed by atoms with Crippen molar-refractivity contribution in [3.8, 4) is 11.3 Å². The topological polar surface area (TPSA) is 80.0 Å². The number of anilines is 3. The van der Waals surface area contributed by atoms with Crippen LogP contribution in [0.5, 0.6) is 0 Å². The van der Waals surface area contributed by atoms with Crippen molar-refractivity contribution in [2.45, 2.75) is 6.54 Å². The van der Waals surface area contributed by atoms with Crippen molar-refractivity contribution in [1.82, 2.24) is 15.0 Å². The SMILES string of the molecule is CN(C)c1ccc(-c2ccnc(NCc3cccnc3N)n2)cc1. The van der Waals surface area contributed by atoms with Crippen LogP contribution in [0.15, 0.2) is 54.9 Å². The standard InChI is InChI=1S/C18H20N6/c1-24(2)15-7-5-13(6-8-15)16-9-11-21-18(23-16)22-12-14-4-3-10-20-17(14)19/h3-11H,12H2,1-2H3,(H2,19,20)(H,21,22,23). The third kappa shape index (κ3) is 3.60. The van der Waals surface area contributed by atoms with E-state index in [4.69, 9.17) is 5.73 Å². The van der Waals surface area contributed by atoms with Crippen molar-refractivity contribution < 1.29 is 0 Å². The summed E-state index contributed by atoms with van der Waals surface area (Å²) < 4.78 is 0. The fraction of sp³-hybridized carbons (Fsp3) is 0.167. The number of nitrogens with one attached hydrogen (secondary N) is 1. The Morgan fingerprint density at radius 2 is 1.79 bits per heavy atom. The highest BCUT2D eigenvalue weighted by molar-refractivity contribution is 5.63. The van der Waals surface area contributed by atoms with E-state index in [0.717, 1.165) is 22.5 Å². The van der Waals surface area contributed by atoms with Crippen molar-refractivity contribution in [1.29, 1.82) is 0 Å². The van der Waals surface area contributed by atoms with Gasteiger partial charge in [0.25, 0.3) is 0 Å². The Hall–Kier alpha value is -3.15. The monoisotopic (exact) mass is 320 g/mol. The van der Waals surface area contributed by atoms with E-state index in [0.29, 0.717) is 18.3 Å². The molecule has 3 aromatic rings. The largest absolute Gasteiger partial charge is 0.383 e. The number of nitrogen functional groups attached to an aromatic ring is 1. The summed E-state index contributed by atoms with van der Waals surface area (Å²) in [5, 5.41) is 3.19. The second-order valence-electron chi connectivity index (χ2n) is 5.61. The molecule has 0 saturated heterocycles. The van der Waals surface area contributed by atoms with Crippen LogP contribution in [0.25, 0.3) is 11.3 Å². The third-order valence-corrected chi connectivity index (χ3v) is 3.70. The summed E-state index contributed by atoms with van der Waals surface area (Å²) in [6.07, 6.45) is 3.42. The van der Waals surface area contributed by atoms with Gasteiger partial charge in [-0.2, -0.15) is 0 Å². The van der Waals surface area contributed by atoms with Crippen LogP contribution in [0.2, 0.25) is 0 Å². The number of aromatic nitrogens is 3. The number of benzene rings is 1. The lowest BCUT2D eigenvalue weighted by Gasteiger charge is -2.12. The molecule has 1 aromatic carbocycles.